The third kappa shape index (κ3) is 2.04. The molecule has 0 fully saturated rings. The number of aromatic nitrogens is 1. The van der Waals surface area contributed by atoms with Crippen LogP contribution in [0, 0.1) is 5.41 Å². The molecule has 0 aliphatic carbocycles. The van der Waals surface area contributed by atoms with Gasteiger partial charge in [-0.05, 0) is 18.2 Å². The Morgan fingerprint density at radius 2 is 1.88 bits per heavy atom. The number of pyridine rings is 1. The van der Waals surface area contributed by atoms with Crippen molar-refractivity contribution in [1.29, 1.82) is 5.41 Å². The molecule has 2 aromatic rings. The monoisotopic (exact) mass is 231 g/mol. The Bertz CT molecular complexity index is 537. The second-order valence-electron chi connectivity index (χ2n) is 3.30. The lowest BCUT2D eigenvalue weighted by Gasteiger charge is -2.05. The summed E-state index contributed by atoms with van der Waals surface area (Å²) in [5.41, 5.74) is 7.40. The van der Waals surface area contributed by atoms with Crippen LogP contribution in [0.1, 0.15) is 5.69 Å². The van der Waals surface area contributed by atoms with E-state index in [1.54, 1.807) is 12.1 Å². The molecule has 0 unspecified atom stereocenters. The molecule has 0 spiro atoms. The zero-order valence-corrected chi connectivity index (χ0v) is 9.20. The second kappa shape index (κ2) is 4.33. The Hall–Kier alpha value is -1.87. The molecular formula is C12H10ClN3. The van der Waals surface area contributed by atoms with E-state index in [1.807, 2.05) is 30.3 Å². The van der Waals surface area contributed by atoms with Gasteiger partial charge in [0.1, 0.15) is 11.5 Å². The first kappa shape index (κ1) is 10.6. The van der Waals surface area contributed by atoms with Crippen molar-refractivity contribution < 1.29 is 0 Å². The molecule has 0 bridgehead atoms. The van der Waals surface area contributed by atoms with Gasteiger partial charge in [0, 0.05) is 10.6 Å². The summed E-state index contributed by atoms with van der Waals surface area (Å²) in [6, 6.07) is 12.8. The molecule has 0 saturated carbocycles. The van der Waals surface area contributed by atoms with Crippen LogP contribution < -0.4 is 5.73 Å². The van der Waals surface area contributed by atoms with Crippen LogP contribution in [-0.2, 0) is 0 Å². The summed E-state index contributed by atoms with van der Waals surface area (Å²) in [5.74, 6) is -0.0473. The molecule has 0 amide bonds. The van der Waals surface area contributed by atoms with Crippen molar-refractivity contribution in [2.75, 3.05) is 0 Å². The highest BCUT2D eigenvalue weighted by Crippen LogP contribution is 2.25. The van der Waals surface area contributed by atoms with Crippen molar-refractivity contribution in [3.8, 4) is 11.3 Å². The molecule has 0 radical (unpaired) electrons. The Balaban J connectivity index is 2.53. The standard InChI is InChI=1S/C12H10ClN3/c13-9-5-2-1-4-8(9)10-6-3-7-11(16-10)12(14)15/h1-7H,(H3,14,15). The first-order valence-electron chi connectivity index (χ1n) is 4.75. The molecule has 0 atom stereocenters. The minimum absolute atomic E-state index is 0.0473. The molecule has 80 valence electrons. The van der Waals surface area contributed by atoms with Crippen molar-refractivity contribution in [1.82, 2.24) is 4.98 Å². The molecule has 3 N–H and O–H groups in total. The van der Waals surface area contributed by atoms with Gasteiger partial charge in [0.25, 0.3) is 0 Å². The summed E-state index contributed by atoms with van der Waals surface area (Å²) in [5, 5.41) is 7.97. The van der Waals surface area contributed by atoms with Crippen molar-refractivity contribution >= 4 is 17.4 Å². The number of amidine groups is 1. The van der Waals surface area contributed by atoms with Crippen molar-refractivity contribution in [2.24, 2.45) is 5.73 Å². The highest BCUT2D eigenvalue weighted by molar-refractivity contribution is 6.33. The van der Waals surface area contributed by atoms with Gasteiger partial charge in [0.2, 0.25) is 0 Å². The van der Waals surface area contributed by atoms with Crippen LogP contribution in [0.5, 0.6) is 0 Å². The summed E-state index contributed by atoms with van der Waals surface area (Å²) in [7, 11) is 0. The number of hydrogen-bond acceptors (Lipinski definition) is 2. The largest absolute Gasteiger partial charge is 0.382 e. The Kier molecular flexibility index (Phi) is 2.88. The molecule has 16 heavy (non-hydrogen) atoms. The molecule has 0 saturated heterocycles. The van der Waals surface area contributed by atoms with Crippen LogP contribution in [0.3, 0.4) is 0 Å². The number of hydrogen-bond donors (Lipinski definition) is 2. The van der Waals surface area contributed by atoms with E-state index in [9.17, 15) is 0 Å². The fourth-order valence-electron chi connectivity index (χ4n) is 1.40. The molecule has 0 aliphatic rings. The average Bonchev–Trinajstić information content (AvgIpc) is 2.30. The summed E-state index contributed by atoms with van der Waals surface area (Å²) >= 11 is 6.07. The van der Waals surface area contributed by atoms with Gasteiger partial charge < -0.3 is 5.73 Å². The summed E-state index contributed by atoms with van der Waals surface area (Å²) in [4.78, 5) is 4.27. The lowest BCUT2D eigenvalue weighted by atomic mass is 10.1. The van der Waals surface area contributed by atoms with E-state index in [0.717, 1.165) is 11.3 Å². The van der Waals surface area contributed by atoms with E-state index in [2.05, 4.69) is 4.98 Å². The third-order valence-electron chi connectivity index (χ3n) is 2.17. The van der Waals surface area contributed by atoms with Crippen LogP contribution in [0.15, 0.2) is 42.5 Å². The van der Waals surface area contributed by atoms with Gasteiger partial charge in [-0.2, -0.15) is 0 Å². The zero-order valence-electron chi connectivity index (χ0n) is 8.44. The number of nitrogens with two attached hydrogens (primary N) is 1. The highest BCUT2D eigenvalue weighted by atomic mass is 35.5. The number of halogens is 1. The maximum atomic E-state index is 7.33. The van der Waals surface area contributed by atoms with Crippen LogP contribution in [-0.4, -0.2) is 10.8 Å². The number of nitrogen functional groups attached to an aromatic ring is 1. The van der Waals surface area contributed by atoms with Gasteiger partial charge in [0.15, 0.2) is 0 Å². The summed E-state index contributed by atoms with van der Waals surface area (Å²) < 4.78 is 0. The maximum absolute atomic E-state index is 7.33. The molecule has 3 nitrogen and oxygen atoms in total. The predicted molar refractivity (Wildman–Crippen MR) is 65.7 cm³/mol. The molecule has 1 aromatic heterocycles. The first-order chi connectivity index (χ1) is 7.68. The van der Waals surface area contributed by atoms with Crippen molar-refractivity contribution in [3.63, 3.8) is 0 Å². The van der Waals surface area contributed by atoms with Gasteiger partial charge in [-0.1, -0.05) is 35.9 Å². The number of rotatable bonds is 2. The van der Waals surface area contributed by atoms with E-state index in [4.69, 9.17) is 22.7 Å². The predicted octanol–water partition coefficient (Wildman–Crippen LogP) is 2.69. The molecular weight excluding hydrogens is 222 g/mol. The van der Waals surface area contributed by atoms with Gasteiger partial charge in [0.05, 0.1) is 5.69 Å². The lowest BCUT2D eigenvalue weighted by Crippen LogP contribution is -2.13. The fraction of sp³-hybridized carbons (Fsp3) is 0. The Morgan fingerprint density at radius 1 is 1.12 bits per heavy atom. The van der Waals surface area contributed by atoms with E-state index < -0.39 is 0 Å². The number of nitrogens with one attached hydrogen (secondary N) is 1. The summed E-state index contributed by atoms with van der Waals surface area (Å²) in [6.07, 6.45) is 0. The third-order valence-corrected chi connectivity index (χ3v) is 2.50. The minimum atomic E-state index is -0.0473. The fourth-order valence-corrected chi connectivity index (χ4v) is 1.64. The second-order valence-corrected chi connectivity index (χ2v) is 3.71. The van der Waals surface area contributed by atoms with Crippen molar-refractivity contribution in [3.05, 3.63) is 53.2 Å². The van der Waals surface area contributed by atoms with Crippen LogP contribution >= 0.6 is 11.6 Å². The highest BCUT2D eigenvalue weighted by Gasteiger charge is 2.05. The average molecular weight is 232 g/mol. The first-order valence-corrected chi connectivity index (χ1v) is 5.12. The van der Waals surface area contributed by atoms with E-state index in [0.29, 0.717) is 10.7 Å². The van der Waals surface area contributed by atoms with Crippen LogP contribution in [0.2, 0.25) is 5.02 Å². The topological polar surface area (TPSA) is 62.8 Å². The van der Waals surface area contributed by atoms with Gasteiger partial charge in [-0.15, -0.1) is 0 Å². The molecule has 2 rings (SSSR count). The lowest BCUT2D eigenvalue weighted by molar-refractivity contribution is 1.26. The van der Waals surface area contributed by atoms with Gasteiger partial charge in [-0.25, -0.2) is 4.98 Å². The number of benzene rings is 1. The number of nitrogens with zero attached hydrogens (tertiary/aromatic N) is 1. The molecule has 4 heteroatoms. The quantitative estimate of drug-likeness (QED) is 0.617. The van der Waals surface area contributed by atoms with Gasteiger partial charge in [-0.3, -0.25) is 5.41 Å². The van der Waals surface area contributed by atoms with Crippen LogP contribution in [0.25, 0.3) is 11.3 Å². The smallest absolute Gasteiger partial charge is 0.141 e. The Morgan fingerprint density at radius 3 is 2.56 bits per heavy atom. The van der Waals surface area contributed by atoms with Gasteiger partial charge >= 0.3 is 0 Å². The van der Waals surface area contributed by atoms with E-state index in [1.165, 1.54) is 0 Å². The molecule has 1 heterocycles. The summed E-state index contributed by atoms with van der Waals surface area (Å²) in [6.45, 7) is 0. The maximum Gasteiger partial charge on any atom is 0.141 e. The Labute approximate surface area is 98.4 Å². The molecule has 1 aromatic carbocycles. The van der Waals surface area contributed by atoms with Crippen molar-refractivity contribution in [2.45, 2.75) is 0 Å². The normalized spacial score (nSPS) is 10.1. The van der Waals surface area contributed by atoms with E-state index >= 15 is 0 Å². The van der Waals surface area contributed by atoms with E-state index in [-0.39, 0.29) is 5.84 Å². The SMILES string of the molecule is N=C(N)c1cccc(-c2ccccc2Cl)n1. The molecule has 0 aliphatic heterocycles. The van der Waals surface area contributed by atoms with Crippen LogP contribution in [0.4, 0.5) is 0 Å². The minimum Gasteiger partial charge on any atom is -0.382 e. The zero-order chi connectivity index (χ0) is 11.5.